The predicted octanol–water partition coefficient (Wildman–Crippen LogP) is 3.93. The van der Waals surface area contributed by atoms with Crippen LogP contribution >= 0.6 is 0 Å². The Bertz CT molecular complexity index is 550. The molecule has 1 aromatic carbocycles. The zero-order valence-corrected chi connectivity index (χ0v) is 15.3. The van der Waals surface area contributed by atoms with Crippen LogP contribution in [-0.4, -0.2) is 32.2 Å². The van der Waals surface area contributed by atoms with E-state index in [4.69, 9.17) is 9.16 Å². The Kier molecular flexibility index (Phi) is 3.90. The molecular weight excluding hydrogens is 292 g/mol. The lowest BCUT2D eigenvalue weighted by Crippen LogP contribution is -2.43. The lowest BCUT2D eigenvalue weighted by atomic mass is 9.89. The molecular formula is C18H28O3Si. The summed E-state index contributed by atoms with van der Waals surface area (Å²) in [5, 5.41) is 10.7. The first-order valence-corrected chi connectivity index (χ1v) is 11.2. The largest absolute Gasteiger partial charge is 0.489 e. The van der Waals surface area contributed by atoms with Gasteiger partial charge in [-0.05, 0) is 24.2 Å². The van der Waals surface area contributed by atoms with Crippen LogP contribution in [0.3, 0.4) is 0 Å². The molecule has 0 spiro atoms. The van der Waals surface area contributed by atoms with Crippen molar-refractivity contribution >= 4 is 8.32 Å². The van der Waals surface area contributed by atoms with Gasteiger partial charge in [-0.15, -0.1) is 0 Å². The van der Waals surface area contributed by atoms with E-state index in [2.05, 4.69) is 46.0 Å². The lowest BCUT2D eigenvalue weighted by molar-refractivity contribution is 0.0863. The zero-order chi connectivity index (χ0) is 16.1. The van der Waals surface area contributed by atoms with Gasteiger partial charge in [0, 0.05) is 30.4 Å². The smallest absolute Gasteiger partial charge is 0.191 e. The Morgan fingerprint density at radius 3 is 2.64 bits per heavy atom. The Morgan fingerprint density at radius 2 is 1.95 bits per heavy atom. The molecule has 1 fully saturated rings. The second-order valence-corrected chi connectivity index (χ2v) is 13.1. The standard InChI is InChI=1S/C18H28O3Si/c1-18(2,3)22(4,5)20-11-13-14(19)10-16-17(13)12-8-6-7-9-15(12)21-16/h6-9,13-14,16-17,19H,10-11H2,1-5H3/t13-,14+,16-,17+/m0/s1. The molecule has 1 aliphatic carbocycles. The van der Waals surface area contributed by atoms with Crippen molar-refractivity contribution in [3.8, 4) is 5.75 Å². The van der Waals surface area contributed by atoms with Crippen molar-refractivity contribution in [1.29, 1.82) is 0 Å². The number of aliphatic hydroxyl groups is 1. The van der Waals surface area contributed by atoms with Gasteiger partial charge in [0.1, 0.15) is 11.9 Å². The maximum Gasteiger partial charge on any atom is 0.191 e. The molecule has 22 heavy (non-hydrogen) atoms. The van der Waals surface area contributed by atoms with Gasteiger partial charge in [-0.3, -0.25) is 0 Å². The van der Waals surface area contributed by atoms with Crippen molar-refractivity contribution in [1.82, 2.24) is 0 Å². The molecule has 0 unspecified atom stereocenters. The number of rotatable bonds is 3. The normalized spacial score (nSPS) is 30.8. The molecule has 1 saturated carbocycles. The minimum atomic E-state index is -1.79. The average molecular weight is 321 g/mol. The van der Waals surface area contributed by atoms with Gasteiger partial charge in [-0.1, -0.05) is 39.0 Å². The van der Waals surface area contributed by atoms with Crippen LogP contribution in [0, 0.1) is 5.92 Å². The van der Waals surface area contributed by atoms with Gasteiger partial charge in [0.15, 0.2) is 8.32 Å². The molecule has 3 nitrogen and oxygen atoms in total. The fraction of sp³-hybridized carbons (Fsp3) is 0.667. The summed E-state index contributed by atoms with van der Waals surface area (Å²) in [6.45, 7) is 11.9. The molecule has 0 bridgehead atoms. The van der Waals surface area contributed by atoms with E-state index < -0.39 is 8.32 Å². The minimum absolute atomic E-state index is 0.111. The summed E-state index contributed by atoms with van der Waals surface area (Å²) < 4.78 is 12.4. The first-order valence-electron chi connectivity index (χ1n) is 8.28. The van der Waals surface area contributed by atoms with Gasteiger partial charge in [0.25, 0.3) is 0 Å². The number of aliphatic hydroxyl groups excluding tert-OH is 1. The molecule has 0 amide bonds. The molecule has 0 radical (unpaired) electrons. The highest BCUT2D eigenvalue weighted by Gasteiger charge is 2.50. The Labute approximate surface area is 134 Å². The summed E-state index contributed by atoms with van der Waals surface area (Å²) in [6.07, 6.45) is 0.499. The van der Waals surface area contributed by atoms with E-state index >= 15 is 0 Å². The molecule has 1 aliphatic heterocycles. The van der Waals surface area contributed by atoms with Gasteiger partial charge in [-0.25, -0.2) is 0 Å². The number of hydrogen-bond acceptors (Lipinski definition) is 3. The molecule has 0 aromatic heterocycles. The highest BCUT2D eigenvalue weighted by atomic mass is 28.4. The molecule has 0 saturated heterocycles. The number of fused-ring (bicyclic) bond motifs is 3. The van der Waals surface area contributed by atoms with Crippen LogP contribution in [0.4, 0.5) is 0 Å². The van der Waals surface area contributed by atoms with Gasteiger partial charge < -0.3 is 14.3 Å². The van der Waals surface area contributed by atoms with E-state index in [1.54, 1.807) is 0 Å². The fourth-order valence-corrected chi connectivity index (χ4v) is 4.43. The van der Waals surface area contributed by atoms with Crippen LogP contribution in [0.5, 0.6) is 5.75 Å². The summed E-state index contributed by atoms with van der Waals surface area (Å²) in [4.78, 5) is 0. The summed E-state index contributed by atoms with van der Waals surface area (Å²) in [7, 11) is -1.79. The monoisotopic (exact) mass is 320 g/mol. The molecule has 122 valence electrons. The van der Waals surface area contributed by atoms with E-state index in [-0.39, 0.29) is 29.1 Å². The molecule has 2 aliphatic rings. The van der Waals surface area contributed by atoms with E-state index in [0.29, 0.717) is 13.0 Å². The Morgan fingerprint density at radius 1 is 1.27 bits per heavy atom. The van der Waals surface area contributed by atoms with Crippen LogP contribution in [0.2, 0.25) is 18.1 Å². The van der Waals surface area contributed by atoms with E-state index in [1.165, 1.54) is 5.56 Å². The van der Waals surface area contributed by atoms with Crippen LogP contribution < -0.4 is 4.74 Å². The predicted molar refractivity (Wildman–Crippen MR) is 90.9 cm³/mol. The van der Waals surface area contributed by atoms with Crippen molar-refractivity contribution in [2.45, 2.75) is 63.5 Å². The summed E-state index contributed by atoms with van der Waals surface area (Å²) in [6, 6.07) is 8.24. The first kappa shape index (κ1) is 16.0. The fourth-order valence-electron chi connectivity index (χ4n) is 3.39. The van der Waals surface area contributed by atoms with Gasteiger partial charge in [0.2, 0.25) is 0 Å². The molecule has 1 heterocycles. The third kappa shape index (κ3) is 2.61. The molecule has 1 aromatic rings. The summed E-state index contributed by atoms with van der Waals surface area (Å²) >= 11 is 0. The van der Waals surface area contributed by atoms with E-state index in [1.807, 2.05) is 12.1 Å². The van der Waals surface area contributed by atoms with Crippen molar-refractivity contribution < 1.29 is 14.3 Å². The molecule has 4 atom stereocenters. The second-order valence-electron chi connectivity index (χ2n) is 8.26. The highest BCUT2D eigenvalue weighted by molar-refractivity contribution is 6.74. The van der Waals surface area contributed by atoms with Gasteiger partial charge in [-0.2, -0.15) is 0 Å². The molecule has 3 rings (SSSR count). The molecule has 1 N–H and O–H groups in total. The van der Waals surface area contributed by atoms with Gasteiger partial charge >= 0.3 is 0 Å². The number of ether oxygens (including phenoxy) is 1. The average Bonchev–Trinajstić information content (AvgIpc) is 2.90. The topological polar surface area (TPSA) is 38.7 Å². The Hall–Kier alpha value is -0.843. The summed E-state index contributed by atoms with van der Waals surface area (Å²) in [5.41, 5.74) is 1.24. The molecule has 4 heteroatoms. The highest BCUT2D eigenvalue weighted by Crippen LogP contribution is 2.50. The lowest BCUT2D eigenvalue weighted by Gasteiger charge is -2.37. The minimum Gasteiger partial charge on any atom is -0.489 e. The second kappa shape index (κ2) is 5.36. The Balaban J connectivity index is 1.77. The van der Waals surface area contributed by atoms with Crippen molar-refractivity contribution in [2.75, 3.05) is 6.61 Å². The van der Waals surface area contributed by atoms with Crippen LogP contribution in [-0.2, 0) is 4.43 Å². The third-order valence-electron chi connectivity index (χ3n) is 5.83. The van der Waals surface area contributed by atoms with E-state index in [0.717, 1.165) is 5.75 Å². The van der Waals surface area contributed by atoms with Crippen LogP contribution in [0.25, 0.3) is 0 Å². The quantitative estimate of drug-likeness (QED) is 0.858. The third-order valence-corrected chi connectivity index (χ3v) is 10.3. The zero-order valence-electron chi connectivity index (χ0n) is 14.3. The maximum absolute atomic E-state index is 10.5. The number of benzene rings is 1. The van der Waals surface area contributed by atoms with Crippen LogP contribution in [0.1, 0.15) is 38.7 Å². The SMILES string of the molecule is CC(C)(C)[Si](C)(C)OC[C@@H]1[C@H]2c3ccccc3O[C@H]2C[C@H]1O. The van der Waals surface area contributed by atoms with Crippen molar-refractivity contribution in [2.24, 2.45) is 5.92 Å². The first-order chi connectivity index (χ1) is 10.2. The van der Waals surface area contributed by atoms with E-state index in [9.17, 15) is 5.11 Å². The van der Waals surface area contributed by atoms with Crippen LogP contribution in [0.15, 0.2) is 24.3 Å². The van der Waals surface area contributed by atoms with Crippen molar-refractivity contribution in [3.63, 3.8) is 0 Å². The summed E-state index contributed by atoms with van der Waals surface area (Å²) in [5.74, 6) is 1.40. The maximum atomic E-state index is 10.5. The van der Waals surface area contributed by atoms with Crippen molar-refractivity contribution in [3.05, 3.63) is 29.8 Å². The number of hydrogen-bond donors (Lipinski definition) is 1. The number of para-hydroxylation sites is 1. The van der Waals surface area contributed by atoms with Gasteiger partial charge in [0.05, 0.1) is 6.10 Å².